The van der Waals surface area contributed by atoms with E-state index < -0.39 is 0 Å². The standard InChI is InChI=1S/C10H19N3O/c11-9(12-8-3-4-8)13-10(7-14)5-1-2-6-10/h8,14H,1-7H2,(H3,11,12,13). The average Bonchev–Trinajstić information content (AvgIpc) is 2.83. The van der Waals surface area contributed by atoms with Gasteiger partial charge in [0.25, 0.3) is 0 Å². The van der Waals surface area contributed by atoms with E-state index >= 15 is 0 Å². The molecule has 0 bridgehead atoms. The Kier molecular flexibility index (Phi) is 2.63. The van der Waals surface area contributed by atoms with E-state index in [4.69, 9.17) is 5.73 Å². The molecule has 0 aliphatic heterocycles. The Labute approximate surface area is 84.6 Å². The molecule has 2 saturated carbocycles. The van der Waals surface area contributed by atoms with Gasteiger partial charge in [-0.25, -0.2) is 0 Å². The maximum atomic E-state index is 9.34. The van der Waals surface area contributed by atoms with Crippen molar-refractivity contribution in [3.63, 3.8) is 0 Å². The van der Waals surface area contributed by atoms with Gasteiger partial charge >= 0.3 is 0 Å². The lowest BCUT2D eigenvalue weighted by Gasteiger charge is -2.28. The molecule has 0 unspecified atom stereocenters. The van der Waals surface area contributed by atoms with Crippen molar-refractivity contribution in [1.29, 1.82) is 0 Å². The molecule has 0 atom stereocenters. The number of nitrogens with zero attached hydrogens (tertiary/aromatic N) is 1. The van der Waals surface area contributed by atoms with Crippen LogP contribution in [0.3, 0.4) is 0 Å². The lowest BCUT2D eigenvalue weighted by Crippen LogP contribution is -2.52. The summed E-state index contributed by atoms with van der Waals surface area (Å²) in [6, 6.07) is 0.444. The van der Waals surface area contributed by atoms with E-state index in [1.54, 1.807) is 0 Å². The zero-order valence-electron chi connectivity index (χ0n) is 8.50. The van der Waals surface area contributed by atoms with Crippen molar-refractivity contribution >= 4 is 5.96 Å². The molecule has 2 aliphatic carbocycles. The van der Waals surface area contributed by atoms with Gasteiger partial charge in [0.05, 0.1) is 18.2 Å². The van der Waals surface area contributed by atoms with Gasteiger partial charge in [-0.15, -0.1) is 0 Å². The first-order chi connectivity index (χ1) is 6.74. The van der Waals surface area contributed by atoms with E-state index in [9.17, 15) is 5.11 Å². The van der Waals surface area contributed by atoms with Crippen molar-refractivity contribution in [2.75, 3.05) is 6.61 Å². The predicted molar refractivity (Wildman–Crippen MR) is 56.1 cm³/mol. The molecule has 0 saturated heterocycles. The largest absolute Gasteiger partial charge is 0.394 e. The maximum absolute atomic E-state index is 9.34. The van der Waals surface area contributed by atoms with Crippen LogP contribution < -0.4 is 11.1 Å². The zero-order chi connectivity index (χ0) is 10.0. The molecule has 0 radical (unpaired) electrons. The third kappa shape index (κ3) is 2.18. The Morgan fingerprint density at radius 3 is 2.57 bits per heavy atom. The second-order valence-corrected chi connectivity index (χ2v) is 4.52. The highest BCUT2D eigenvalue weighted by atomic mass is 16.3. The summed E-state index contributed by atoms with van der Waals surface area (Å²) in [5, 5.41) is 12.5. The van der Waals surface area contributed by atoms with Crippen LogP contribution in [0.1, 0.15) is 38.5 Å². The van der Waals surface area contributed by atoms with Crippen LogP contribution in [-0.4, -0.2) is 29.3 Å². The second-order valence-electron chi connectivity index (χ2n) is 4.52. The number of aliphatic hydroxyl groups is 1. The number of aliphatic hydroxyl groups excluding tert-OH is 1. The second kappa shape index (κ2) is 3.77. The van der Waals surface area contributed by atoms with Gasteiger partial charge < -0.3 is 16.2 Å². The summed E-state index contributed by atoms with van der Waals surface area (Å²) in [4.78, 5) is 4.32. The summed E-state index contributed by atoms with van der Waals surface area (Å²) in [6.07, 6.45) is 6.67. The number of nitrogens with two attached hydrogens (primary N) is 1. The smallest absolute Gasteiger partial charge is 0.189 e. The number of hydrogen-bond acceptors (Lipinski definition) is 2. The molecular formula is C10H19N3O. The minimum Gasteiger partial charge on any atom is -0.394 e. The van der Waals surface area contributed by atoms with Crippen LogP contribution in [0.5, 0.6) is 0 Å². The summed E-state index contributed by atoms with van der Waals surface area (Å²) in [5.41, 5.74) is 5.60. The van der Waals surface area contributed by atoms with Gasteiger partial charge in [0.15, 0.2) is 5.96 Å². The Bertz CT molecular complexity index is 230. The Morgan fingerprint density at radius 2 is 2.07 bits per heavy atom. The fourth-order valence-corrected chi connectivity index (χ4v) is 2.08. The van der Waals surface area contributed by atoms with Crippen molar-refractivity contribution < 1.29 is 5.11 Å². The fourth-order valence-electron chi connectivity index (χ4n) is 2.08. The van der Waals surface area contributed by atoms with E-state index in [0.29, 0.717) is 12.0 Å². The minimum atomic E-state index is -0.178. The molecule has 2 aliphatic rings. The van der Waals surface area contributed by atoms with Crippen molar-refractivity contribution in [3.05, 3.63) is 0 Å². The van der Waals surface area contributed by atoms with Crippen LogP contribution in [0.4, 0.5) is 0 Å². The van der Waals surface area contributed by atoms with Crippen molar-refractivity contribution in [2.24, 2.45) is 10.7 Å². The van der Waals surface area contributed by atoms with Crippen LogP contribution in [0.25, 0.3) is 0 Å². The third-order valence-corrected chi connectivity index (χ3v) is 3.13. The van der Waals surface area contributed by atoms with E-state index in [0.717, 1.165) is 25.7 Å². The van der Waals surface area contributed by atoms with E-state index in [1.165, 1.54) is 12.8 Å². The summed E-state index contributed by atoms with van der Waals surface area (Å²) in [5.74, 6) is 0.517. The molecule has 2 fully saturated rings. The van der Waals surface area contributed by atoms with Gasteiger partial charge in [-0.3, -0.25) is 4.99 Å². The fraction of sp³-hybridized carbons (Fsp3) is 0.900. The Morgan fingerprint density at radius 1 is 1.43 bits per heavy atom. The van der Waals surface area contributed by atoms with Crippen LogP contribution in [0, 0.1) is 0 Å². The lowest BCUT2D eigenvalue weighted by molar-refractivity contribution is 0.182. The number of hydrogen-bond donors (Lipinski definition) is 3. The first-order valence-electron chi connectivity index (χ1n) is 5.46. The van der Waals surface area contributed by atoms with E-state index in [2.05, 4.69) is 10.3 Å². The van der Waals surface area contributed by atoms with Crippen LogP contribution in [0.15, 0.2) is 4.99 Å². The van der Waals surface area contributed by atoms with Crippen LogP contribution >= 0.6 is 0 Å². The molecule has 0 heterocycles. The van der Waals surface area contributed by atoms with Crippen LogP contribution in [0.2, 0.25) is 0 Å². The summed E-state index contributed by atoms with van der Waals surface area (Å²) in [6.45, 7) is 0.161. The first kappa shape index (κ1) is 9.77. The predicted octanol–water partition coefficient (Wildman–Crippen LogP) is 0.358. The maximum Gasteiger partial charge on any atom is 0.189 e. The van der Waals surface area contributed by atoms with Crippen molar-refractivity contribution in [1.82, 2.24) is 5.32 Å². The molecule has 80 valence electrons. The third-order valence-electron chi connectivity index (χ3n) is 3.13. The highest BCUT2D eigenvalue weighted by Crippen LogP contribution is 2.29. The van der Waals surface area contributed by atoms with Crippen LogP contribution in [-0.2, 0) is 0 Å². The van der Waals surface area contributed by atoms with E-state index in [1.807, 2.05) is 0 Å². The molecule has 0 aromatic rings. The van der Waals surface area contributed by atoms with Crippen molar-refractivity contribution in [3.8, 4) is 0 Å². The summed E-state index contributed by atoms with van der Waals surface area (Å²) in [7, 11) is 0. The van der Waals surface area contributed by atoms with Gasteiger partial charge in [0.1, 0.15) is 0 Å². The molecular weight excluding hydrogens is 178 g/mol. The Balaban J connectivity index is 1.92. The number of nitrogens with one attached hydrogen (secondary N) is 1. The molecule has 0 aromatic heterocycles. The van der Waals surface area contributed by atoms with Gasteiger partial charge in [-0.1, -0.05) is 12.8 Å². The Hall–Kier alpha value is -0.770. The molecule has 4 N–H and O–H groups in total. The monoisotopic (exact) mass is 197 g/mol. The first-order valence-corrected chi connectivity index (χ1v) is 5.46. The van der Waals surface area contributed by atoms with Gasteiger partial charge in [-0.2, -0.15) is 0 Å². The molecule has 14 heavy (non-hydrogen) atoms. The molecule has 0 aromatic carbocycles. The van der Waals surface area contributed by atoms with Gasteiger partial charge in [0.2, 0.25) is 0 Å². The topological polar surface area (TPSA) is 70.6 Å². The quantitative estimate of drug-likeness (QED) is 0.452. The zero-order valence-corrected chi connectivity index (χ0v) is 8.50. The molecule has 4 nitrogen and oxygen atoms in total. The van der Waals surface area contributed by atoms with Gasteiger partial charge in [0, 0.05) is 0 Å². The highest BCUT2D eigenvalue weighted by Gasteiger charge is 2.34. The van der Waals surface area contributed by atoms with E-state index in [-0.39, 0.29) is 12.1 Å². The molecule has 4 heteroatoms. The van der Waals surface area contributed by atoms with Crippen molar-refractivity contribution in [2.45, 2.75) is 50.1 Å². The normalized spacial score (nSPS) is 26.5. The lowest BCUT2D eigenvalue weighted by atomic mass is 9.99. The highest BCUT2D eigenvalue weighted by molar-refractivity contribution is 5.79. The summed E-state index contributed by atoms with van der Waals surface area (Å²) >= 11 is 0. The van der Waals surface area contributed by atoms with Gasteiger partial charge in [-0.05, 0) is 25.7 Å². The number of aliphatic imine (C=N–C) groups is 1. The minimum absolute atomic E-state index is 0.161. The molecule has 0 spiro atoms. The summed E-state index contributed by atoms with van der Waals surface area (Å²) < 4.78 is 0. The molecule has 2 rings (SSSR count). The number of rotatable bonds is 3. The average molecular weight is 197 g/mol. The SMILES string of the molecule is NC(=NC1CC1)NC1(CO)CCCC1. The number of guanidine groups is 1. The molecule has 0 amide bonds.